The summed E-state index contributed by atoms with van der Waals surface area (Å²) in [5.74, 6) is -0.202. The van der Waals surface area contributed by atoms with Gasteiger partial charge in [0, 0.05) is 22.8 Å². The van der Waals surface area contributed by atoms with Crippen LogP contribution in [0.1, 0.15) is 40.7 Å². The van der Waals surface area contributed by atoms with Crippen LogP contribution in [-0.2, 0) is 19.3 Å². The fraction of sp³-hybridized carbons (Fsp3) is 0.286. The van der Waals surface area contributed by atoms with Gasteiger partial charge in [0.25, 0.3) is 11.6 Å². The monoisotopic (exact) mass is 425 g/mol. The first-order valence-corrected chi connectivity index (χ1v) is 10.1. The topological polar surface area (TPSA) is 103 Å². The number of amides is 1. The number of carbonyl (C=O) groups is 1. The second kappa shape index (κ2) is 8.23. The van der Waals surface area contributed by atoms with Crippen molar-refractivity contribution in [3.05, 3.63) is 80.4 Å². The number of aryl methyl sites for hydroxylation is 1. The molecule has 1 unspecified atom stereocenters. The molecular formula is C21H20ClN5O3. The normalized spacial score (nSPS) is 15.5. The van der Waals surface area contributed by atoms with Crippen LogP contribution in [0.3, 0.4) is 0 Å². The van der Waals surface area contributed by atoms with Crippen LogP contribution in [0, 0.1) is 10.1 Å². The lowest BCUT2D eigenvalue weighted by atomic mass is 9.91. The fourth-order valence-electron chi connectivity index (χ4n) is 3.83. The number of benzene rings is 1. The van der Waals surface area contributed by atoms with Gasteiger partial charge in [-0.3, -0.25) is 19.9 Å². The van der Waals surface area contributed by atoms with E-state index >= 15 is 0 Å². The Balaban J connectivity index is 1.54. The number of halogens is 1. The predicted molar refractivity (Wildman–Crippen MR) is 112 cm³/mol. The molecule has 8 nitrogen and oxygen atoms in total. The summed E-state index contributed by atoms with van der Waals surface area (Å²) in [6.45, 7) is 1.97. The molecule has 1 aliphatic rings. The van der Waals surface area contributed by atoms with Gasteiger partial charge >= 0.3 is 0 Å². The van der Waals surface area contributed by atoms with Gasteiger partial charge in [-0.15, -0.1) is 0 Å². The molecule has 3 aromatic rings. The van der Waals surface area contributed by atoms with Crippen molar-refractivity contribution < 1.29 is 9.72 Å². The van der Waals surface area contributed by atoms with Gasteiger partial charge in [-0.25, -0.2) is 4.68 Å². The molecule has 2 aromatic heterocycles. The molecule has 0 saturated heterocycles. The number of nitrogens with zero attached hydrogens (tertiary/aromatic N) is 4. The van der Waals surface area contributed by atoms with Gasteiger partial charge in [0.15, 0.2) is 0 Å². The standard InChI is InChI=1S/C21H20ClN5O3/c1-2-20-18(12-24-26(20)16-5-3-4-14(22)10-16)21(28)25-15-6-7-19-13(8-15)9-17(11-23-19)27(29)30/h3-5,9-12,15H,2,6-8H2,1H3,(H,25,28). The molecule has 0 radical (unpaired) electrons. The van der Waals surface area contributed by atoms with Crippen LogP contribution >= 0.6 is 11.6 Å². The maximum Gasteiger partial charge on any atom is 0.287 e. The molecule has 1 atom stereocenters. The summed E-state index contributed by atoms with van der Waals surface area (Å²) >= 11 is 6.09. The van der Waals surface area contributed by atoms with Gasteiger partial charge in [-0.1, -0.05) is 24.6 Å². The van der Waals surface area contributed by atoms with Crippen LogP contribution < -0.4 is 5.32 Å². The van der Waals surface area contributed by atoms with E-state index in [2.05, 4.69) is 15.4 Å². The molecule has 0 bridgehead atoms. The van der Waals surface area contributed by atoms with E-state index in [1.165, 1.54) is 6.20 Å². The highest BCUT2D eigenvalue weighted by atomic mass is 35.5. The average Bonchev–Trinajstić information content (AvgIpc) is 3.17. The van der Waals surface area contributed by atoms with Crippen molar-refractivity contribution in [3.63, 3.8) is 0 Å². The Labute approximate surface area is 178 Å². The highest BCUT2D eigenvalue weighted by molar-refractivity contribution is 6.30. The molecular weight excluding hydrogens is 406 g/mol. The second-order valence-electron chi connectivity index (χ2n) is 7.22. The van der Waals surface area contributed by atoms with Crippen molar-refractivity contribution in [1.82, 2.24) is 20.1 Å². The molecule has 1 aromatic carbocycles. The lowest BCUT2D eigenvalue weighted by molar-refractivity contribution is -0.385. The highest BCUT2D eigenvalue weighted by Gasteiger charge is 2.25. The van der Waals surface area contributed by atoms with Gasteiger partial charge in [0.2, 0.25) is 0 Å². The van der Waals surface area contributed by atoms with Gasteiger partial charge < -0.3 is 5.32 Å². The minimum absolute atomic E-state index is 0.0307. The fourth-order valence-corrected chi connectivity index (χ4v) is 4.01. The number of carbonyl (C=O) groups excluding carboxylic acids is 1. The van der Waals surface area contributed by atoms with E-state index in [0.29, 0.717) is 29.8 Å². The van der Waals surface area contributed by atoms with Crippen molar-refractivity contribution in [3.8, 4) is 5.69 Å². The molecule has 30 heavy (non-hydrogen) atoms. The molecule has 9 heteroatoms. The minimum atomic E-state index is -0.451. The molecule has 0 fully saturated rings. The summed E-state index contributed by atoms with van der Waals surface area (Å²) in [5.41, 5.74) is 3.74. The Morgan fingerprint density at radius 1 is 1.37 bits per heavy atom. The average molecular weight is 426 g/mol. The van der Waals surface area contributed by atoms with Crippen LogP contribution in [-0.4, -0.2) is 31.6 Å². The Morgan fingerprint density at radius 2 is 2.20 bits per heavy atom. The SMILES string of the molecule is CCc1c(C(=O)NC2CCc3ncc([N+](=O)[O-])cc3C2)cnn1-c1cccc(Cl)c1. The lowest BCUT2D eigenvalue weighted by Crippen LogP contribution is -2.39. The number of rotatable bonds is 5. The molecule has 1 amide bonds. The molecule has 0 saturated carbocycles. The number of hydrogen-bond donors (Lipinski definition) is 1. The number of fused-ring (bicyclic) bond motifs is 1. The summed E-state index contributed by atoms with van der Waals surface area (Å²) in [4.78, 5) is 27.8. The molecule has 0 aliphatic heterocycles. The lowest BCUT2D eigenvalue weighted by Gasteiger charge is -2.24. The van der Waals surface area contributed by atoms with Crippen molar-refractivity contribution >= 4 is 23.2 Å². The van der Waals surface area contributed by atoms with Crippen LogP contribution in [0.15, 0.2) is 42.7 Å². The molecule has 4 rings (SSSR count). The van der Waals surface area contributed by atoms with Crippen molar-refractivity contribution in [2.75, 3.05) is 0 Å². The first-order chi connectivity index (χ1) is 14.5. The Hall–Kier alpha value is -3.26. The van der Waals surface area contributed by atoms with Crippen molar-refractivity contribution in [2.24, 2.45) is 0 Å². The Morgan fingerprint density at radius 3 is 2.93 bits per heavy atom. The third-order valence-corrected chi connectivity index (χ3v) is 5.52. The number of nitrogens with one attached hydrogen (secondary N) is 1. The molecule has 1 aliphatic carbocycles. The van der Waals surface area contributed by atoms with Crippen LogP contribution in [0.25, 0.3) is 5.69 Å². The van der Waals surface area contributed by atoms with Gasteiger partial charge in [0.1, 0.15) is 6.20 Å². The first-order valence-electron chi connectivity index (χ1n) is 9.72. The van der Waals surface area contributed by atoms with Crippen LogP contribution in [0.2, 0.25) is 5.02 Å². The molecule has 0 spiro atoms. The van der Waals surface area contributed by atoms with Gasteiger partial charge in [0.05, 0.1) is 28.1 Å². The van der Waals surface area contributed by atoms with Gasteiger partial charge in [-0.05, 0) is 49.4 Å². The smallest absolute Gasteiger partial charge is 0.287 e. The van der Waals surface area contributed by atoms with E-state index in [1.807, 2.05) is 19.1 Å². The zero-order valence-corrected chi connectivity index (χ0v) is 17.1. The Kier molecular flexibility index (Phi) is 5.50. The summed E-state index contributed by atoms with van der Waals surface area (Å²) in [6.07, 6.45) is 5.39. The maximum atomic E-state index is 13.0. The Bertz CT molecular complexity index is 1130. The van der Waals surface area contributed by atoms with E-state index in [0.717, 1.165) is 29.1 Å². The van der Waals surface area contributed by atoms with E-state index in [4.69, 9.17) is 11.6 Å². The van der Waals surface area contributed by atoms with E-state index in [1.54, 1.807) is 29.1 Å². The number of aromatic nitrogens is 3. The highest BCUT2D eigenvalue weighted by Crippen LogP contribution is 2.24. The predicted octanol–water partition coefficient (Wildman–Crippen LogP) is 3.68. The number of pyridine rings is 1. The number of nitro groups is 1. The zero-order valence-electron chi connectivity index (χ0n) is 16.3. The summed E-state index contributed by atoms with van der Waals surface area (Å²) < 4.78 is 1.73. The second-order valence-corrected chi connectivity index (χ2v) is 7.66. The summed E-state index contributed by atoms with van der Waals surface area (Å²) in [6, 6.07) is 8.74. The largest absolute Gasteiger partial charge is 0.349 e. The minimum Gasteiger partial charge on any atom is -0.349 e. The van der Waals surface area contributed by atoms with Crippen molar-refractivity contribution in [1.29, 1.82) is 0 Å². The molecule has 154 valence electrons. The molecule has 1 N–H and O–H groups in total. The van der Waals surface area contributed by atoms with Crippen LogP contribution in [0.4, 0.5) is 5.69 Å². The summed E-state index contributed by atoms with van der Waals surface area (Å²) in [7, 11) is 0. The van der Waals surface area contributed by atoms with E-state index < -0.39 is 4.92 Å². The maximum absolute atomic E-state index is 13.0. The van der Waals surface area contributed by atoms with E-state index in [9.17, 15) is 14.9 Å². The quantitative estimate of drug-likeness (QED) is 0.496. The zero-order chi connectivity index (χ0) is 21.3. The van der Waals surface area contributed by atoms with E-state index in [-0.39, 0.29) is 17.6 Å². The van der Waals surface area contributed by atoms with Crippen LogP contribution in [0.5, 0.6) is 0 Å². The van der Waals surface area contributed by atoms with Gasteiger partial charge in [-0.2, -0.15) is 5.10 Å². The third-order valence-electron chi connectivity index (χ3n) is 5.29. The number of hydrogen-bond acceptors (Lipinski definition) is 5. The van der Waals surface area contributed by atoms with Crippen molar-refractivity contribution in [2.45, 2.75) is 38.6 Å². The summed E-state index contributed by atoms with van der Waals surface area (Å²) in [5, 5.41) is 19.1. The first kappa shape index (κ1) is 20.0. The third kappa shape index (κ3) is 3.91. The molecule has 2 heterocycles.